The Morgan fingerprint density at radius 2 is 1.95 bits per heavy atom. The van der Waals surface area contributed by atoms with Crippen molar-refractivity contribution in [3.05, 3.63) is 34.1 Å². The molecule has 0 aliphatic heterocycles. The fourth-order valence-electron chi connectivity index (χ4n) is 2.58. The molecular formula is C16H23BrFN. The predicted molar refractivity (Wildman–Crippen MR) is 81.8 cm³/mol. The van der Waals surface area contributed by atoms with Crippen molar-refractivity contribution < 1.29 is 4.39 Å². The fourth-order valence-corrected chi connectivity index (χ4v) is 2.92. The van der Waals surface area contributed by atoms with Gasteiger partial charge < -0.3 is 5.32 Å². The van der Waals surface area contributed by atoms with Gasteiger partial charge in [0.2, 0.25) is 0 Å². The van der Waals surface area contributed by atoms with Gasteiger partial charge in [-0.2, -0.15) is 0 Å². The second-order valence-corrected chi connectivity index (χ2v) is 7.58. The maximum Gasteiger partial charge on any atom is 0.127 e. The topological polar surface area (TPSA) is 12.0 Å². The van der Waals surface area contributed by atoms with E-state index >= 15 is 0 Å². The van der Waals surface area contributed by atoms with Crippen LogP contribution in [0.15, 0.2) is 22.7 Å². The molecule has 1 saturated carbocycles. The summed E-state index contributed by atoms with van der Waals surface area (Å²) >= 11 is 3.30. The molecule has 1 aliphatic rings. The Bertz CT molecular complexity index is 439. The molecule has 0 spiro atoms. The third-order valence-electron chi connectivity index (χ3n) is 3.97. The SMILES string of the molecule is CC(C)(C)NCC1CCC1Cc1ccc(Br)cc1F. The number of benzene rings is 1. The molecule has 19 heavy (non-hydrogen) atoms. The summed E-state index contributed by atoms with van der Waals surface area (Å²) < 4.78 is 14.6. The Morgan fingerprint density at radius 3 is 2.47 bits per heavy atom. The van der Waals surface area contributed by atoms with Crippen LogP contribution in [-0.4, -0.2) is 12.1 Å². The van der Waals surface area contributed by atoms with Crippen molar-refractivity contribution in [2.45, 2.75) is 45.6 Å². The van der Waals surface area contributed by atoms with Gasteiger partial charge >= 0.3 is 0 Å². The second-order valence-electron chi connectivity index (χ2n) is 6.67. The van der Waals surface area contributed by atoms with Gasteiger partial charge in [-0.3, -0.25) is 0 Å². The van der Waals surface area contributed by atoms with Gasteiger partial charge in [-0.1, -0.05) is 22.0 Å². The van der Waals surface area contributed by atoms with Crippen molar-refractivity contribution in [1.29, 1.82) is 0 Å². The minimum atomic E-state index is -0.0798. The van der Waals surface area contributed by atoms with Gasteiger partial charge in [0.1, 0.15) is 5.82 Å². The number of nitrogens with one attached hydrogen (secondary N) is 1. The van der Waals surface area contributed by atoms with Gasteiger partial charge in [-0.25, -0.2) is 4.39 Å². The van der Waals surface area contributed by atoms with Crippen LogP contribution in [0.1, 0.15) is 39.2 Å². The average Bonchev–Trinajstić information content (AvgIpc) is 2.24. The molecule has 3 heteroatoms. The highest BCUT2D eigenvalue weighted by Gasteiger charge is 2.31. The van der Waals surface area contributed by atoms with Crippen molar-refractivity contribution in [2.75, 3.05) is 6.54 Å². The zero-order chi connectivity index (χ0) is 14.0. The lowest BCUT2D eigenvalue weighted by Gasteiger charge is -2.39. The van der Waals surface area contributed by atoms with Crippen LogP contribution in [0.2, 0.25) is 0 Å². The molecule has 0 heterocycles. The Labute approximate surface area is 124 Å². The van der Waals surface area contributed by atoms with E-state index in [-0.39, 0.29) is 11.4 Å². The largest absolute Gasteiger partial charge is 0.312 e. The normalized spacial score (nSPS) is 23.2. The molecule has 106 valence electrons. The van der Waals surface area contributed by atoms with Gasteiger partial charge in [-0.15, -0.1) is 0 Å². The molecule has 0 amide bonds. The quantitative estimate of drug-likeness (QED) is 0.855. The molecule has 0 bridgehead atoms. The third kappa shape index (κ3) is 4.28. The molecule has 1 fully saturated rings. The standard InChI is InChI=1S/C16H23BrFN/c1-16(2,3)19-10-13-5-4-11(13)8-12-6-7-14(17)9-15(12)18/h6-7,9,11,13,19H,4-5,8,10H2,1-3H3. The molecule has 2 unspecified atom stereocenters. The molecule has 0 aromatic heterocycles. The van der Waals surface area contributed by atoms with Crippen LogP contribution in [0.4, 0.5) is 4.39 Å². The Balaban J connectivity index is 1.89. The van der Waals surface area contributed by atoms with Crippen LogP contribution < -0.4 is 5.32 Å². The smallest absolute Gasteiger partial charge is 0.127 e. The first-order valence-electron chi connectivity index (χ1n) is 7.04. The molecule has 1 nitrogen and oxygen atoms in total. The summed E-state index contributed by atoms with van der Waals surface area (Å²) in [7, 11) is 0. The fraction of sp³-hybridized carbons (Fsp3) is 0.625. The van der Waals surface area contributed by atoms with Crippen LogP contribution in [0.25, 0.3) is 0 Å². The monoisotopic (exact) mass is 327 g/mol. The van der Waals surface area contributed by atoms with E-state index in [1.54, 1.807) is 6.07 Å². The van der Waals surface area contributed by atoms with Crippen molar-refractivity contribution in [2.24, 2.45) is 11.8 Å². The first-order chi connectivity index (χ1) is 8.85. The lowest BCUT2D eigenvalue weighted by Crippen LogP contribution is -2.44. The van der Waals surface area contributed by atoms with Crippen LogP contribution in [-0.2, 0) is 6.42 Å². The summed E-state index contributed by atoms with van der Waals surface area (Å²) in [5, 5.41) is 3.56. The number of hydrogen-bond acceptors (Lipinski definition) is 1. The van der Waals surface area contributed by atoms with Crippen molar-refractivity contribution in [3.8, 4) is 0 Å². The average molecular weight is 328 g/mol. The lowest BCUT2D eigenvalue weighted by molar-refractivity contribution is 0.158. The number of rotatable bonds is 4. The molecular weight excluding hydrogens is 305 g/mol. The van der Waals surface area contributed by atoms with Crippen LogP contribution in [0, 0.1) is 17.7 Å². The maximum absolute atomic E-state index is 13.8. The summed E-state index contributed by atoms with van der Waals surface area (Å²) in [5.41, 5.74) is 1.02. The van der Waals surface area contributed by atoms with E-state index in [9.17, 15) is 4.39 Å². The third-order valence-corrected chi connectivity index (χ3v) is 4.46. The van der Waals surface area contributed by atoms with Gasteiger partial charge in [-0.05, 0) is 76.1 Å². The zero-order valence-electron chi connectivity index (χ0n) is 12.0. The highest BCUT2D eigenvalue weighted by atomic mass is 79.9. The molecule has 1 aromatic rings. The summed E-state index contributed by atoms with van der Waals surface area (Å²) in [6.07, 6.45) is 3.37. The van der Waals surface area contributed by atoms with Crippen LogP contribution in [0.3, 0.4) is 0 Å². The van der Waals surface area contributed by atoms with E-state index in [0.717, 1.165) is 23.0 Å². The van der Waals surface area contributed by atoms with Gasteiger partial charge in [0.15, 0.2) is 0 Å². The van der Waals surface area contributed by atoms with E-state index in [4.69, 9.17) is 0 Å². The first kappa shape index (κ1) is 15.0. The van der Waals surface area contributed by atoms with Gasteiger partial charge in [0.25, 0.3) is 0 Å². The minimum Gasteiger partial charge on any atom is -0.312 e. The molecule has 1 aromatic carbocycles. The van der Waals surface area contributed by atoms with Crippen molar-refractivity contribution in [1.82, 2.24) is 5.32 Å². The number of hydrogen-bond donors (Lipinski definition) is 1. The molecule has 2 atom stereocenters. The first-order valence-corrected chi connectivity index (χ1v) is 7.83. The highest BCUT2D eigenvalue weighted by molar-refractivity contribution is 9.10. The van der Waals surface area contributed by atoms with E-state index in [1.807, 2.05) is 12.1 Å². The van der Waals surface area contributed by atoms with Crippen molar-refractivity contribution >= 4 is 15.9 Å². The van der Waals surface area contributed by atoms with E-state index < -0.39 is 0 Å². The summed E-state index contributed by atoms with van der Waals surface area (Å²) in [5.74, 6) is 1.25. The minimum absolute atomic E-state index is 0.0798. The highest BCUT2D eigenvalue weighted by Crippen LogP contribution is 2.37. The van der Waals surface area contributed by atoms with E-state index in [0.29, 0.717) is 11.8 Å². The molecule has 2 rings (SSSR count). The lowest BCUT2D eigenvalue weighted by atomic mass is 9.70. The number of halogens is 2. The van der Waals surface area contributed by atoms with Crippen LogP contribution >= 0.6 is 15.9 Å². The van der Waals surface area contributed by atoms with E-state index in [1.165, 1.54) is 12.8 Å². The van der Waals surface area contributed by atoms with E-state index in [2.05, 4.69) is 42.0 Å². The molecule has 1 aliphatic carbocycles. The summed E-state index contributed by atoms with van der Waals surface area (Å²) in [4.78, 5) is 0. The molecule has 0 radical (unpaired) electrons. The molecule has 1 N–H and O–H groups in total. The van der Waals surface area contributed by atoms with Crippen LogP contribution in [0.5, 0.6) is 0 Å². The summed E-state index contributed by atoms with van der Waals surface area (Å²) in [6.45, 7) is 7.62. The second kappa shape index (κ2) is 5.92. The van der Waals surface area contributed by atoms with Gasteiger partial charge in [0.05, 0.1) is 0 Å². The Morgan fingerprint density at radius 1 is 1.26 bits per heavy atom. The van der Waals surface area contributed by atoms with Crippen molar-refractivity contribution in [3.63, 3.8) is 0 Å². The summed E-state index contributed by atoms with van der Waals surface area (Å²) in [6, 6.07) is 5.40. The zero-order valence-corrected chi connectivity index (χ0v) is 13.6. The van der Waals surface area contributed by atoms with Gasteiger partial charge in [0, 0.05) is 10.0 Å². The predicted octanol–water partition coefficient (Wildman–Crippen LogP) is 4.55. The Kier molecular flexibility index (Phi) is 4.67. The Hall–Kier alpha value is -0.410. The molecule has 0 saturated heterocycles. The maximum atomic E-state index is 13.8.